The molecule has 2 N–H and O–H groups in total. The third-order valence-corrected chi connectivity index (χ3v) is 3.32. The highest BCUT2D eigenvalue weighted by Crippen LogP contribution is 2.16. The highest BCUT2D eigenvalue weighted by Gasteiger charge is 2.17. The van der Waals surface area contributed by atoms with Crippen molar-refractivity contribution in [3.8, 4) is 0 Å². The zero-order chi connectivity index (χ0) is 14.5. The topological polar surface area (TPSA) is 63.2 Å². The second-order valence-electron chi connectivity index (χ2n) is 5.58. The summed E-state index contributed by atoms with van der Waals surface area (Å²) in [5, 5.41) is 6.15. The van der Waals surface area contributed by atoms with Gasteiger partial charge in [-0.2, -0.15) is 0 Å². The Bertz CT molecular complexity index is 387. The molecule has 0 aliphatic carbocycles. The zero-order valence-electron chi connectivity index (χ0n) is 12.2. The number of aromatic nitrogens is 1. The molecular formula is C13H23N3O2S. The summed E-state index contributed by atoms with van der Waals surface area (Å²) in [6.45, 7) is 10.2. The van der Waals surface area contributed by atoms with E-state index in [0.29, 0.717) is 6.54 Å². The highest BCUT2D eigenvalue weighted by molar-refractivity contribution is 7.09. The first kappa shape index (κ1) is 15.9. The SMILES string of the molecule is CC(CNC(=O)OC(C)(C)C)NC(C)c1cncs1. The van der Waals surface area contributed by atoms with Crippen LogP contribution in [0.1, 0.15) is 45.5 Å². The van der Waals surface area contributed by atoms with Crippen molar-refractivity contribution in [3.05, 3.63) is 16.6 Å². The first-order valence-corrected chi connectivity index (χ1v) is 7.27. The lowest BCUT2D eigenvalue weighted by Gasteiger charge is -2.22. The first-order valence-electron chi connectivity index (χ1n) is 6.39. The van der Waals surface area contributed by atoms with Gasteiger partial charge in [-0.05, 0) is 34.6 Å². The van der Waals surface area contributed by atoms with E-state index in [1.54, 1.807) is 11.3 Å². The van der Waals surface area contributed by atoms with Crippen molar-refractivity contribution in [1.82, 2.24) is 15.6 Å². The van der Waals surface area contributed by atoms with Crippen molar-refractivity contribution >= 4 is 17.4 Å². The standard InChI is InChI=1S/C13H23N3O2S/c1-9(6-15-12(17)18-13(3,4)5)16-10(2)11-7-14-8-19-11/h7-10,16H,6H2,1-5H3,(H,15,17). The Morgan fingerprint density at radius 2 is 2.16 bits per heavy atom. The number of carbonyl (C=O) groups is 1. The minimum Gasteiger partial charge on any atom is -0.444 e. The van der Waals surface area contributed by atoms with Gasteiger partial charge in [-0.3, -0.25) is 4.98 Å². The third-order valence-electron chi connectivity index (χ3n) is 2.36. The summed E-state index contributed by atoms with van der Waals surface area (Å²) in [6, 6.07) is 0.382. The molecule has 1 heterocycles. The van der Waals surface area contributed by atoms with E-state index in [1.807, 2.05) is 39.4 Å². The second kappa shape index (κ2) is 6.86. The molecule has 19 heavy (non-hydrogen) atoms. The molecule has 0 aliphatic heterocycles. The van der Waals surface area contributed by atoms with Crippen LogP contribution >= 0.6 is 11.3 Å². The van der Waals surface area contributed by atoms with Crippen molar-refractivity contribution in [2.75, 3.05) is 6.54 Å². The predicted octanol–water partition coefficient (Wildman–Crippen LogP) is 2.71. The van der Waals surface area contributed by atoms with Crippen LogP contribution < -0.4 is 10.6 Å². The van der Waals surface area contributed by atoms with E-state index >= 15 is 0 Å². The molecule has 1 aromatic heterocycles. The molecule has 1 aromatic rings. The molecule has 1 amide bonds. The van der Waals surface area contributed by atoms with Crippen LogP contribution in [-0.2, 0) is 4.74 Å². The lowest BCUT2D eigenvalue weighted by Crippen LogP contribution is -2.41. The quantitative estimate of drug-likeness (QED) is 0.873. The predicted molar refractivity (Wildman–Crippen MR) is 77.4 cm³/mol. The van der Waals surface area contributed by atoms with E-state index in [-0.39, 0.29) is 18.2 Å². The molecule has 1 rings (SSSR count). The van der Waals surface area contributed by atoms with Gasteiger partial charge < -0.3 is 15.4 Å². The number of hydrogen-bond acceptors (Lipinski definition) is 5. The molecule has 0 aromatic carbocycles. The van der Waals surface area contributed by atoms with Gasteiger partial charge in [0.1, 0.15) is 5.60 Å². The number of thiazole rings is 1. The van der Waals surface area contributed by atoms with Gasteiger partial charge in [0.15, 0.2) is 0 Å². The Balaban J connectivity index is 2.28. The average Bonchev–Trinajstić information content (AvgIpc) is 2.77. The van der Waals surface area contributed by atoms with Gasteiger partial charge in [-0.1, -0.05) is 0 Å². The summed E-state index contributed by atoms with van der Waals surface area (Å²) in [7, 11) is 0. The van der Waals surface area contributed by atoms with Gasteiger partial charge in [0.05, 0.1) is 5.51 Å². The lowest BCUT2D eigenvalue weighted by molar-refractivity contribution is 0.0522. The number of alkyl carbamates (subject to hydrolysis) is 1. The van der Waals surface area contributed by atoms with Crippen molar-refractivity contribution in [2.45, 2.75) is 52.3 Å². The highest BCUT2D eigenvalue weighted by atomic mass is 32.1. The van der Waals surface area contributed by atoms with E-state index in [0.717, 1.165) is 0 Å². The van der Waals surface area contributed by atoms with E-state index in [9.17, 15) is 4.79 Å². The summed E-state index contributed by atoms with van der Waals surface area (Å²) in [4.78, 5) is 16.7. The Hall–Kier alpha value is -1.14. The van der Waals surface area contributed by atoms with Gasteiger partial charge in [0, 0.05) is 29.7 Å². The van der Waals surface area contributed by atoms with Crippen LogP contribution in [0.2, 0.25) is 0 Å². The number of amides is 1. The lowest BCUT2D eigenvalue weighted by atomic mass is 10.2. The number of ether oxygens (including phenoxy) is 1. The number of nitrogens with one attached hydrogen (secondary N) is 2. The largest absolute Gasteiger partial charge is 0.444 e. The molecule has 0 radical (unpaired) electrons. The molecule has 108 valence electrons. The van der Waals surface area contributed by atoms with Gasteiger partial charge in [-0.25, -0.2) is 4.79 Å². The molecular weight excluding hydrogens is 262 g/mol. The fraction of sp³-hybridized carbons (Fsp3) is 0.692. The van der Waals surface area contributed by atoms with Gasteiger partial charge in [-0.15, -0.1) is 11.3 Å². The Morgan fingerprint density at radius 1 is 1.47 bits per heavy atom. The second-order valence-corrected chi connectivity index (χ2v) is 6.49. The number of carbonyl (C=O) groups excluding carboxylic acids is 1. The van der Waals surface area contributed by atoms with Crippen LogP contribution in [0.15, 0.2) is 11.7 Å². The van der Waals surface area contributed by atoms with Crippen LogP contribution in [0, 0.1) is 0 Å². The van der Waals surface area contributed by atoms with Crippen LogP contribution in [0.5, 0.6) is 0 Å². The van der Waals surface area contributed by atoms with Crippen molar-refractivity contribution in [3.63, 3.8) is 0 Å². The van der Waals surface area contributed by atoms with Crippen LogP contribution in [0.25, 0.3) is 0 Å². The summed E-state index contributed by atoms with van der Waals surface area (Å²) in [6.07, 6.45) is 1.47. The fourth-order valence-electron chi connectivity index (χ4n) is 1.56. The smallest absolute Gasteiger partial charge is 0.407 e. The van der Waals surface area contributed by atoms with E-state index < -0.39 is 5.60 Å². The van der Waals surface area contributed by atoms with E-state index in [2.05, 4.69) is 22.5 Å². The molecule has 0 saturated carbocycles. The molecule has 6 heteroatoms. The number of hydrogen-bond donors (Lipinski definition) is 2. The summed E-state index contributed by atoms with van der Waals surface area (Å²) >= 11 is 1.62. The zero-order valence-corrected chi connectivity index (χ0v) is 13.0. The molecule has 0 spiro atoms. The van der Waals surface area contributed by atoms with Gasteiger partial charge >= 0.3 is 6.09 Å². The molecule has 5 nitrogen and oxygen atoms in total. The molecule has 0 bridgehead atoms. The Kier molecular flexibility index (Phi) is 5.75. The molecule has 0 saturated heterocycles. The molecule has 0 aliphatic rings. The Labute approximate surface area is 118 Å². The minimum absolute atomic E-state index is 0.157. The maximum absolute atomic E-state index is 11.5. The number of rotatable bonds is 5. The Morgan fingerprint density at radius 3 is 2.68 bits per heavy atom. The van der Waals surface area contributed by atoms with Gasteiger partial charge in [0.2, 0.25) is 0 Å². The molecule has 0 fully saturated rings. The van der Waals surface area contributed by atoms with Crippen molar-refractivity contribution < 1.29 is 9.53 Å². The molecule has 2 unspecified atom stereocenters. The fourth-order valence-corrected chi connectivity index (χ4v) is 2.20. The average molecular weight is 285 g/mol. The monoisotopic (exact) mass is 285 g/mol. The normalized spacial score (nSPS) is 14.8. The van der Waals surface area contributed by atoms with Crippen molar-refractivity contribution in [1.29, 1.82) is 0 Å². The van der Waals surface area contributed by atoms with E-state index in [4.69, 9.17) is 4.74 Å². The van der Waals surface area contributed by atoms with Crippen LogP contribution in [0.4, 0.5) is 4.79 Å². The van der Waals surface area contributed by atoms with E-state index in [1.165, 1.54) is 4.88 Å². The summed E-state index contributed by atoms with van der Waals surface area (Å²) in [5.41, 5.74) is 1.35. The van der Waals surface area contributed by atoms with Crippen molar-refractivity contribution in [2.24, 2.45) is 0 Å². The summed E-state index contributed by atoms with van der Waals surface area (Å²) < 4.78 is 5.18. The van der Waals surface area contributed by atoms with Crippen LogP contribution in [-0.4, -0.2) is 29.3 Å². The third kappa shape index (κ3) is 6.54. The van der Waals surface area contributed by atoms with Crippen LogP contribution in [0.3, 0.4) is 0 Å². The number of nitrogens with zero attached hydrogens (tertiary/aromatic N) is 1. The first-order chi connectivity index (χ1) is 8.78. The maximum Gasteiger partial charge on any atom is 0.407 e. The van der Waals surface area contributed by atoms with Gasteiger partial charge in [0.25, 0.3) is 0 Å². The minimum atomic E-state index is -0.462. The maximum atomic E-state index is 11.5. The summed E-state index contributed by atoms with van der Waals surface area (Å²) in [5.74, 6) is 0. The molecule has 2 atom stereocenters.